The number of hydrogen-bond donors (Lipinski definition) is 1. The van der Waals surface area contributed by atoms with Crippen LogP contribution in [0.25, 0.3) is 10.9 Å². The van der Waals surface area contributed by atoms with Crippen molar-refractivity contribution in [2.45, 2.75) is 13.5 Å². The zero-order valence-corrected chi connectivity index (χ0v) is 21.6. The lowest BCUT2D eigenvalue weighted by molar-refractivity contribution is -0.114. The predicted octanol–water partition coefficient (Wildman–Crippen LogP) is 5.06. The van der Waals surface area contributed by atoms with Crippen molar-refractivity contribution in [2.24, 2.45) is 17.4 Å². The maximum atomic E-state index is 12.3. The van der Waals surface area contributed by atoms with Gasteiger partial charge in [0, 0.05) is 41.7 Å². The van der Waals surface area contributed by atoms with Crippen molar-refractivity contribution < 1.29 is 19.2 Å². The number of carbonyl (C=O) groups is 1. The van der Waals surface area contributed by atoms with Gasteiger partial charge in [-0.2, -0.15) is 5.10 Å². The molecule has 1 aromatic heterocycles. The van der Waals surface area contributed by atoms with Crippen LogP contribution in [-0.4, -0.2) is 41.3 Å². The molecule has 37 heavy (non-hydrogen) atoms. The molecule has 1 amide bonds. The number of oxime groups is 2. The third-order valence-electron chi connectivity index (χ3n) is 5.53. The van der Waals surface area contributed by atoms with E-state index in [1.807, 2.05) is 62.5 Å². The molecule has 190 valence electrons. The zero-order valence-electron chi connectivity index (χ0n) is 20.9. The Hall–Kier alpha value is -4.37. The van der Waals surface area contributed by atoms with Gasteiger partial charge in [-0.1, -0.05) is 46.2 Å². The highest BCUT2D eigenvalue weighted by molar-refractivity contribution is 6.45. The molecule has 9 nitrogen and oxygen atoms in total. The van der Waals surface area contributed by atoms with Gasteiger partial charge in [0.1, 0.15) is 36.6 Å². The lowest BCUT2D eigenvalue weighted by Crippen LogP contribution is -2.29. The molecule has 0 spiro atoms. The molecular formula is C27H26ClN5O4. The van der Waals surface area contributed by atoms with Crippen molar-refractivity contribution in [3.63, 3.8) is 0 Å². The summed E-state index contributed by atoms with van der Waals surface area (Å²) >= 11 is 5.95. The highest BCUT2D eigenvalue weighted by Crippen LogP contribution is 2.28. The highest BCUT2D eigenvalue weighted by atomic mass is 35.5. The number of rotatable bonds is 9. The van der Waals surface area contributed by atoms with Crippen molar-refractivity contribution >= 4 is 39.8 Å². The quantitative estimate of drug-likeness (QED) is 0.246. The van der Waals surface area contributed by atoms with Gasteiger partial charge in [0.05, 0.1) is 5.52 Å². The fraction of sp³-hybridized carbons (Fsp3) is 0.185. The Morgan fingerprint density at radius 1 is 1.05 bits per heavy atom. The molecule has 0 aliphatic rings. The summed E-state index contributed by atoms with van der Waals surface area (Å²) in [6.45, 7) is 1.95. The zero-order chi connectivity index (χ0) is 26.4. The van der Waals surface area contributed by atoms with Crippen LogP contribution in [0.2, 0.25) is 5.02 Å². The number of aryl methyl sites for hydroxylation is 1. The molecule has 0 radical (unpaired) electrons. The fourth-order valence-electron chi connectivity index (χ4n) is 3.75. The van der Waals surface area contributed by atoms with Crippen LogP contribution in [-0.2, 0) is 28.1 Å². The lowest BCUT2D eigenvalue weighted by atomic mass is 10.0. The number of amides is 1. The van der Waals surface area contributed by atoms with Gasteiger partial charge < -0.3 is 19.7 Å². The van der Waals surface area contributed by atoms with Crippen molar-refractivity contribution in [3.05, 3.63) is 88.6 Å². The van der Waals surface area contributed by atoms with Gasteiger partial charge in [-0.3, -0.25) is 9.48 Å². The lowest BCUT2D eigenvalue weighted by Gasteiger charge is -2.10. The van der Waals surface area contributed by atoms with E-state index in [0.29, 0.717) is 33.5 Å². The molecule has 0 aliphatic heterocycles. The second-order valence-electron chi connectivity index (χ2n) is 8.02. The van der Waals surface area contributed by atoms with E-state index in [1.54, 1.807) is 22.9 Å². The predicted molar refractivity (Wildman–Crippen MR) is 143 cm³/mol. The molecule has 1 heterocycles. The number of carbonyl (C=O) groups excluding carboxylic acids is 1. The monoisotopic (exact) mass is 519 g/mol. The SMILES string of the molecule is CNC(=O)/C(=N\OC)c1ccccc1CO/N=C(/C)c1nn(C)c2cc(Oc3ccc(Cl)cc3)ccc12. The normalized spacial score (nSPS) is 11.9. The minimum absolute atomic E-state index is 0.122. The maximum Gasteiger partial charge on any atom is 0.273 e. The number of benzene rings is 3. The molecule has 4 aromatic rings. The van der Waals surface area contributed by atoms with Gasteiger partial charge in [0.15, 0.2) is 5.71 Å². The van der Waals surface area contributed by atoms with E-state index in [0.717, 1.165) is 16.5 Å². The van der Waals surface area contributed by atoms with Crippen LogP contribution in [0.5, 0.6) is 11.5 Å². The van der Waals surface area contributed by atoms with E-state index in [2.05, 4.69) is 20.7 Å². The van der Waals surface area contributed by atoms with Crippen molar-refractivity contribution in [1.29, 1.82) is 0 Å². The second-order valence-corrected chi connectivity index (χ2v) is 8.45. The van der Waals surface area contributed by atoms with E-state index < -0.39 is 0 Å². The first-order valence-corrected chi connectivity index (χ1v) is 11.8. The Balaban J connectivity index is 1.53. The first-order chi connectivity index (χ1) is 17.9. The molecule has 0 saturated heterocycles. The van der Waals surface area contributed by atoms with E-state index in [1.165, 1.54) is 14.2 Å². The Bertz CT molecular complexity index is 1480. The van der Waals surface area contributed by atoms with Crippen molar-refractivity contribution in [2.75, 3.05) is 14.2 Å². The number of ether oxygens (including phenoxy) is 1. The number of nitrogens with one attached hydrogen (secondary N) is 1. The minimum atomic E-state index is -0.367. The standard InChI is InChI=1S/C27H26ClN5O4/c1-17(31-36-16-18-7-5-6-8-22(18)26(32-35-4)27(34)29-2)25-23-14-13-21(15-24(23)33(3)30-25)37-20-11-9-19(28)10-12-20/h5-15H,16H2,1-4H3,(H,29,34)/b31-17-,32-26-. The molecule has 1 N–H and O–H groups in total. The largest absolute Gasteiger partial charge is 0.457 e. The molecule has 0 aliphatic carbocycles. The van der Waals surface area contributed by atoms with Crippen molar-refractivity contribution in [3.8, 4) is 11.5 Å². The average Bonchev–Trinajstić information content (AvgIpc) is 3.24. The van der Waals surface area contributed by atoms with Crippen LogP contribution in [0.1, 0.15) is 23.7 Å². The van der Waals surface area contributed by atoms with E-state index in [9.17, 15) is 4.79 Å². The number of aromatic nitrogens is 2. The molecule has 0 saturated carbocycles. The van der Waals surface area contributed by atoms with E-state index in [4.69, 9.17) is 26.0 Å². The Kier molecular flexibility index (Phi) is 8.05. The first-order valence-electron chi connectivity index (χ1n) is 11.4. The number of fused-ring (bicyclic) bond motifs is 1. The van der Waals surface area contributed by atoms with Gasteiger partial charge >= 0.3 is 0 Å². The molecule has 0 unspecified atom stereocenters. The van der Waals surface area contributed by atoms with E-state index in [-0.39, 0.29) is 18.2 Å². The summed E-state index contributed by atoms with van der Waals surface area (Å²) in [5, 5.41) is 16.9. The first kappa shape index (κ1) is 25.7. The summed E-state index contributed by atoms with van der Waals surface area (Å²) in [5.41, 5.74) is 3.65. The molecular weight excluding hydrogens is 494 g/mol. The molecule has 10 heteroatoms. The minimum Gasteiger partial charge on any atom is -0.457 e. The Morgan fingerprint density at radius 2 is 1.78 bits per heavy atom. The van der Waals surface area contributed by atoms with Gasteiger partial charge in [-0.05, 0) is 43.3 Å². The molecule has 0 bridgehead atoms. The Morgan fingerprint density at radius 3 is 2.51 bits per heavy atom. The average molecular weight is 520 g/mol. The second kappa shape index (κ2) is 11.6. The summed E-state index contributed by atoms with van der Waals surface area (Å²) in [6, 6.07) is 20.2. The van der Waals surface area contributed by atoms with E-state index >= 15 is 0 Å². The van der Waals surface area contributed by atoms with Crippen LogP contribution in [0.3, 0.4) is 0 Å². The summed E-state index contributed by atoms with van der Waals surface area (Å²) in [7, 11) is 4.78. The number of hydrogen-bond acceptors (Lipinski definition) is 7. The number of halogens is 1. The number of nitrogens with zero attached hydrogens (tertiary/aromatic N) is 4. The smallest absolute Gasteiger partial charge is 0.273 e. The third kappa shape index (κ3) is 5.90. The van der Waals surface area contributed by atoms with Crippen LogP contribution < -0.4 is 10.1 Å². The summed E-state index contributed by atoms with van der Waals surface area (Å²) in [5.74, 6) is 0.998. The van der Waals surface area contributed by atoms with Gasteiger partial charge in [0.2, 0.25) is 0 Å². The molecule has 3 aromatic carbocycles. The molecule has 4 rings (SSSR count). The van der Waals surface area contributed by atoms with Crippen LogP contribution >= 0.6 is 11.6 Å². The van der Waals surface area contributed by atoms with Crippen LogP contribution in [0, 0.1) is 0 Å². The topological polar surface area (TPSA) is 99.3 Å². The van der Waals surface area contributed by atoms with Crippen LogP contribution in [0.4, 0.5) is 0 Å². The Labute approximate surface area is 219 Å². The molecule has 0 fully saturated rings. The van der Waals surface area contributed by atoms with Gasteiger partial charge in [-0.25, -0.2) is 0 Å². The molecule has 0 atom stereocenters. The van der Waals surface area contributed by atoms with Crippen LogP contribution in [0.15, 0.2) is 77.0 Å². The third-order valence-corrected chi connectivity index (χ3v) is 5.79. The summed E-state index contributed by atoms with van der Waals surface area (Å²) < 4.78 is 7.72. The number of likely N-dealkylation sites (N-methyl/N-ethyl adjacent to an activating group) is 1. The van der Waals surface area contributed by atoms with Gasteiger partial charge in [0.25, 0.3) is 5.91 Å². The fourth-order valence-corrected chi connectivity index (χ4v) is 3.87. The van der Waals surface area contributed by atoms with Crippen molar-refractivity contribution in [1.82, 2.24) is 15.1 Å². The maximum absolute atomic E-state index is 12.3. The summed E-state index contributed by atoms with van der Waals surface area (Å²) in [6.07, 6.45) is 0. The summed E-state index contributed by atoms with van der Waals surface area (Å²) in [4.78, 5) is 22.8. The van der Waals surface area contributed by atoms with Gasteiger partial charge in [-0.15, -0.1) is 0 Å². The highest BCUT2D eigenvalue weighted by Gasteiger charge is 2.18.